The van der Waals surface area contributed by atoms with Gasteiger partial charge in [0.25, 0.3) is 0 Å². The van der Waals surface area contributed by atoms with Gasteiger partial charge in [0, 0.05) is 6.42 Å². The van der Waals surface area contributed by atoms with Crippen LogP contribution in [0.1, 0.15) is 26.7 Å². The quantitative estimate of drug-likeness (QED) is 0.604. The summed E-state index contributed by atoms with van der Waals surface area (Å²) in [6.45, 7) is 3.90. The maximum absolute atomic E-state index is 11.3. The number of hydrogen-bond donors (Lipinski definition) is 1. The lowest BCUT2D eigenvalue weighted by molar-refractivity contribution is -0.150. The Labute approximate surface area is 77.6 Å². The van der Waals surface area contributed by atoms with Gasteiger partial charge in [-0.3, -0.25) is 4.79 Å². The molecule has 1 amide bonds. The smallest absolute Gasteiger partial charge is 0.328 e. The van der Waals surface area contributed by atoms with Gasteiger partial charge in [0.05, 0.1) is 7.11 Å². The van der Waals surface area contributed by atoms with Crippen LogP contribution in [-0.4, -0.2) is 25.0 Å². The molecule has 0 radical (unpaired) electrons. The van der Waals surface area contributed by atoms with Gasteiger partial charge in [-0.05, 0) is 11.8 Å². The maximum atomic E-state index is 11.3. The predicted octanol–water partition coefficient (Wildman–Crippen LogP) is 0.464. The van der Waals surface area contributed by atoms with Crippen molar-refractivity contribution >= 4 is 11.9 Å². The van der Waals surface area contributed by atoms with E-state index in [1.807, 2.05) is 13.8 Å². The molecule has 1 saturated heterocycles. The van der Waals surface area contributed by atoms with Crippen LogP contribution in [-0.2, 0) is 14.3 Å². The maximum Gasteiger partial charge on any atom is 0.328 e. The summed E-state index contributed by atoms with van der Waals surface area (Å²) < 4.78 is 4.62. The lowest BCUT2D eigenvalue weighted by Gasteiger charge is -2.36. The second-order valence-electron chi connectivity index (χ2n) is 4.01. The minimum absolute atomic E-state index is 0.0743. The summed E-state index contributed by atoms with van der Waals surface area (Å²) in [6.07, 6.45) is 1.21. The number of methoxy groups -OCH3 is 1. The van der Waals surface area contributed by atoms with E-state index >= 15 is 0 Å². The lowest BCUT2D eigenvalue weighted by Crippen LogP contribution is -2.54. The fraction of sp³-hybridized carbons (Fsp3) is 0.778. The monoisotopic (exact) mass is 185 g/mol. The molecular formula is C9H15NO3. The normalized spacial score (nSPS) is 26.4. The van der Waals surface area contributed by atoms with Crippen molar-refractivity contribution in [1.29, 1.82) is 0 Å². The van der Waals surface area contributed by atoms with E-state index in [-0.39, 0.29) is 17.3 Å². The zero-order valence-electron chi connectivity index (χ0n) is 8.22. The number of carbonyl (C=O) groups is 2. The Bertz CT molecular complexity index is 235. The fourth-order valence-corrected chi connectivity index (χ4v) is 1.50. The third-order valence-corrected chi connectivity index (χ3v) is 2.52. The van der Waals surface area contributed by atoms with Crippen molar-refractivity contribution in [2.75, 3.05) is 7.11 Å². The number of rotatable bonds is 1. The van der Waals surface area contributed by atoms with Crippen LogP contribution in [0.25, 0.3) is 0 Å². The molecule has 4 heteroatoms. The van der Waals surface area contributed by atoms with Crippen LogP contribution >= 0.6 is 0 Å². The van der Waals surface area contributed by atoms with Crippen LogP contribution in [0.5, 0.6) is 0 Å². The molecule has 1 rings (SSSR count). The SMILES string of the molecule is COC(=O)C1NC(=O)CCC1(C)C. The molecule has 1 heterocycles. The van der Waals surface area contributed by atoms with Crippen molar-refractivity contribution in [2.24, 2.45) is 5.41 Å². The molecule has 1 atom stereocenters. The number of esters is 1. The Morgan fingerprint density at radius 2 is 2.23 bits per heavy atom. The number of hydrogen-bond acceptors (Lipinski definition) is 3. The van der Waals surface area contributed by atoms with Gasteiger partial charge in [0.2, 0.25) is 5.91 Å². The highest BCUT2D eigenvalue weighted by atomic mass is 16.5. The van der Waals surface area contributed by atoms with Gasteiger partial charge in [-0.15, -0.1) is 0 Å². The second kappa shape index (κ2) is 3.36. The standard InChI is InChI=1S/C9H15NO3/c1-9(2)5-4-6(11)10-7(9)8(12)13-3/h7H,4-5H2,1-3H3,(H,10,11). The zero-order chi connectivity index (χ0) is 10.1. The fourth-order valence-electron chi connectivity index (χ4n) is 1.50. The highest BCUT2D eigenvalue weighted by molar-refractivity contribution is 5.86. The molecule has 0 aromatic heterocycles. The average molecular weight is 185 g/mol. The van der Waals surface area contributed by atoms with Crippen LogP contribution in [0, 0.1) is 5.41 Å². The predicted molar refractivity (Wildman–Crippen MR) is 47.0 cm³/mol. The van der Waals surface area contributed by atoms with Gasteiger partial charge in [-0.1, -0.05) is 13.8 Å². The van der Waals surface area contributed by atoms with Gasteiger partial charge in [0.1, 0.15) is 6.04 Å². The Balaban J connectivity index is 2.77. The van der Waals surface area contributed by atoms with E-state index in [0.717, 1.165) is 6.42 Å². The van der Waals surface area contributed by atoms with E-state index in [1.165, 1.54) is 7.11 Å². The van der Waals surface area contributed by atoms with E-state index in [9.17, 15) is 9.59 Å². The molecule has 0 aromatic rings. The molecule has 1 unspecified atom stereocenters. The molecule has 0 aromatic carbocycles. The van der Waals surface area contributed by atoms with Crippen molar-refractivity contribution in [3.63, 3.8) is 0 Å². The summed E-state index contributed by atoms with van der Waals surface area (Å²) in [5.41, 5.74) is -0.207. The Hall–Kier alpha value is -1.06. The molecule has 13 heavy (non-hydrogen) atoms. The topological polar surface area (TPSA) is 55.4 Å². The minimum Gasteiger partial charge on any atom is -0.467 e. The zero-order valence-corrected chi connectivity index (χ0v) is 8.22. The van der Waals surface area contributed by atoms with Crippen LogP contribution in [0.15, 0.2) is 0 Å². The number of piperidine rings is 1. The number of carbonyl (C=O) groups excluding carboxylic acids is 2. The van der Waals surface area contributed by atoms with Crippen molar-refractivity contribution in [2.45, 2.75) is 32.7 Å². The highest BCUT2D eigenvalue weighted by Gasteiger charge is 2.40. The molecular weight excluding hydrogens is 170 g/mol. The number of amides is 1. The first-order chi connectivity index (χ1) is 5.97. The molecule has 1 aliphatic heterocycles. The minimum atomic E-state index is -0.501. The van der Waals surface area contributed by atoms with Crippen molar-refractivity contribution in [1.82, 2.24) is 5.32 Å². The second-order valence-corrected chi connectivity index (χ2v) is 4.01. The van der Waals surface area contributed by atoms with E-state index in [0.29, 0.717) is 6.42 Å². The van der Waals surface area contributed by atoms with Gasteiger partial charge >= 0.3 is 5.97 Å². The molecule has 1 aliphatic rings. The van der Waals surface area contributed by atoms with Crippen LogP contribution in [0.3, 0.4) is 0 Å². The molecule has 1 fully saturated rings. The third-order valence-electron chi connectivity index (χ3n) is 2.52. The summed E-state index contributed by atoms with van der Waals surface area (Å²) in [7, 11) is 1.33. The van der Waals surface area contributed by atoms with E-state index < -0.39 is 6.04 Å². The molecule has 0 spiro atoms. The Kier molecular flexibility index (Phi) is 2.59. The third kappa shape index (κ3) is 1.99. The first-order valence-electron chi connectivity index (χ1n) is 4.34. The Morgan fingerprint density at radius 3 is 2.77 bits per heavy atom. The summed E-state index contributed by atoms with van der Waals surface area (Å²) in [6, 6.07) is -0.501. The lowest BCUT2D eigenvalue weighted by atomic mass is 9.77. The summed E-state index contributed by atoms with van der Waals surface area (Å²) in [5, 5.41) is 2.64. The first-order valence-corrected chi connectivity index (χ1v) is 4.34. The largest absolute Gasteiger partial charge is 0.467 e. The summed E-state index contributed by atoms with van der Waals surface area (Å²) in [5.74, 6) is -0.437. The van der Waals surface area contributed by atoms with E-state index in [2.05, 4.69) is 10.1 Å². The molecule has 0 saturated carbocycles. The van der Waals surface area contributed by atoms with Crippen LogP contribution in [0.4, 0.5) is 0 Å². The van der Waals surface area contributed by atoms with Gasteiger partial charge in [-0.2, -0.15) is 0 Å². The van der Waals surface area contributed by atoms with E-state index in [4.69, 9.17) is 0 Å². The van der Waals surface area contributed by atoms with Crippen molar-refractivity contribution < 1.29 is 14.3 Å². The van der Waals surface area contributed by atoms with Crippen molar-refractivity contribution in [3.8, 4) is 0 Å². The number of nitrogens with one attached hydrogen (secondary N) is 1. The molecule has 1 N–H and O–H groups in total. The number of ether oxygens (including phenoxy) is 1. The summed E-state index contributed by atoms with van der Waals surface area (Å²) >= 11 is 0. The molecule has 0 bridgehead atoms. The Morgan fingerprint density at radius 1 is 1.62 bits per heavy atom. The van der Waals surface area contributed by atoms with Gasteiger partial charge in [0.15, 0.2) is 0 Å². The summed E-state index contributed by atoms with van der Waals surface area (Å²) in [4.78, 5) is 22.4. The first kappa shape index (κ1) is 10.0. The van der Waals surface area contributed by atoms with Gasteiger partial charge in [-0.25, -0.2) is 4.79 Å². The molecule has 0 aliphatic carbocycles. The van der Waals surface area contributed by atoms with E-state index in [1.54, 1.807) is 0 Å². The molecule has 74 valence electrons. The van der Waals surface area contributed by atoms with Crippen LogP contribution < -0.4 is 5.32 Å². The molecule has 4 nitrogen and oxygen atoms in total. The van der Waals surface area contributed by atoms with Crippen molar-refractivity contribution in [3.05, 3.63) is 0 Å². The average Bonchev–Trinajstić information content (AvgIpc) is 2.08. The van der Waals surface area contributed by atoms with Gasteiger partial charge < -0.3 is 10.1 Å². The van der Waals surface area contributed by atoms with Crippen LogP contribution in [0.2, 0.25) is 0 Å². The highest BCUT2D eigenvalue weighted by Crippen LogP contribution is 2.30.